The summed E-state index contributed by atoms with van der Waals surface area (Å²) in [5, 5.41) is 2.65. The zero-order valence-corrected chi connectivity index (χ0v) is 7.50. The average molecular weight is 173 g/mol. The molecule has 70 valence electrons. The minimum absolute atomic E-state index is 0.156. The van der Waals surface area contributed by atoms with Crippen LogP contribution in [0.25, 0.3) is 0 Å². The zero-order valence-electron chi connectivity index (χ0n) is 7.50. The topological polar surface area (TPSA) is 55.4 Å². The van der Waals surface area contributed by atoms with Gasteiger partial charge >= 0.3 is 5.97 Å². The van der Waals surface area contributed by atoms with Crippen LogP contribution in [0.5, 0.6) is 0 Å². The van der Waals surface area contributed by atoms with E-state index in [2.05, 4.69) is 23.2 Å². The van der Waals surface area contributed by atoms with Gasteiger partial charge in [-0.05, 0) is 7.05 Å². The Balaban J connectivity index is 0. The van der Waals surface area contributed by atoms with Gasteiger partial charge in [-0.1, -0.05) is 0 Å². The quantitative estimate of drug-likeness (QED) is 0.373. The molecule has 0 spiro atoms. The molecule has 4 nitrogen and oxygen atoms in total. The minimum atomic E-state index is -0.498. The lowest BCUT2D eigenvalue weighted by Gasteiger charge is -2.08. The maximum atomic E-state index is 10.7. The van der Waals surface area contributed by atoms with Crippen molar-refractivity contribution in [2.45, 2.75) is 12.5 Å². The fourth-order valence-electron chi connectivity index (χ4n) is 0.570. The summed E-state index contributed by atoms with van der Waals surface area (Å²) in [5.74, 6) is -0.408. The molecule has 0 radical (unpaired) electrons. The third-order valence-electron chi connectivity index (χ3n) is 1.17. The predicted octanol–water partition coefficient (Wildman–Crippen LogP) is 0.139. The third kappa shape index (κ3) is 5.61. The number of hydrogen-bond donors (Lipinski definition) is 1. The Morgan fingerprint density at radius 2 is 2.17 bits per heavy atom. The van der Waals surface area contributed by atoms with Crippen molar-refractivity contribution in [3.63, 3.8) is 0 Å². The smallest absolute Gasteiger partial charge is 0.323 e. The van der Waals surface area contributed by atoms with Gasteiger partial charge in [0.25, 0.3) is 0 Å². The molecule has 12 heavy (non-hydrogen) atoms. The van der Waals surface area contributed by atoms with Crippen molar-refractivity contribution in [2.24, 2.45) is 0 Å². The molecule has 1 N–H and O–H groups in total. The van der Waals surface area contributed by atoms with Crippen molar-refractivity contribution in [3.05, 3.63) is 13.2 Å². The summed E-state index contributed by atoms with van der Waals surface area (Å²) < 4.78 is 4.40. The summed E-state index contributed by atoms with van der Waals surface area (Å²) in [6.45, 7) is 6.00. The van der Waals surface area contributed by atoms with Crippen LogP contribution in [0.15, 0.2) is 13.2 Å². The van der Waals surface area contributed by atoms with Gasteiger partial charge in [0.1, 0.15) is 12.3 Å². The van der Waals surface area contributed by atoms with Crippen molar-refractivity contribution in [2.75, 3.05) is 14.2 Å². The van der Waals surface area contributed by atoms with Crippen LogP contribution >= 0.6 is 0 Å². The number of methoxy groups -OCH3 is 1. The summed E-state index contributed by atoms with van der Waals surface area (Å²) in [6, 6.07) is -0.498. The van der Waals surface area contributed by atoms with Crippen LogP contribution < -0.4 is 5.32 Å². The van der Waals surface area contributed by atoms with Crippen LogP contribution in [0.4, 0.5) is 0 Å². The highest BCUT2D eigenvalue weighted by atomic mass is 16.5. The molecule has 4 heteroatoms. The lowest BCUT2D eigenvalue weighted by Crippen LogP contribution is -2.35. The summed E-state index contributed by atoms with van der Waals surface area (Å²) in [4.78, 5) is 20.6. The average Bonchev–Trinajstić information content (AvgIpc) is 2.16. The second-order valence-electron chi connectivity index (χ2n) is 1.77. The number of ether oxygens (including phenoxy) is 1. The number of carbonyl (C=O) groups is 2. The van der Waals surface area contributed by atoms with E-state index < -0.39 is 12.0 Å². The lowest BCUT2D eigenvalue weighted by atomic mass is 10.2. The Hall–Kier alpha value is -1.16. The Bertz CT molecular complexity index is 136. The van der Waals surface area contributed by atoms with E-state index in [1.54, 1.807) is 7.05 Å². The van der Waals surface area contributed by atoms with E-state index >= 15 is 0 Å². The molecule has 0 aromatic carbocycles. The highest BCUT2D eigenvalue weighted by Crippen LogP contribution is 1.89. The van der Waals surface area contributed by atoms with Crippen LogP contribution in [0.3, 0.4) is 0 Å². The maximum Gasteiger partial charge on any atom is 0.323 e. The second kappa shape index (κ2) is 9.84. The molecule has 0 aromatic rings. The molecule has 0 aliphatic heterocycles. The molecule has 0 fully saturated rings. The van der Waals surface area contributed by atoms with Crippen molar-refractivity contribution >= 4 is 12.3 Å². The van der Waals surface area contributed by atoms with Gasteiger partial charge in [0.15, 0.2) is 0 Å². The number of esters is 1. The maximum absolute atomic E-state index is 10.7. The molecule has 0 aliphatic rings. The summed E-state index contributed by atoms with van der Waals surface area (Å²) in [5.41, 5.74) is 0. The first-order valence-electron chi connectivity index (χ1n) is 3.45. The van der Waals surface area contributed by atoms with Gasteiger partial charge in [0, 0.05) is 6.42 Å². The van der Waals surface area contributed by atoms with Gasteiger partial charge in [-0.15, -0.1) is 13.2 Å². The molecule has 0 amide bonds. The second-order valence-corrected chi connectivity index (χ2v) is 1.77. The first-order chi connectivity index (χ1) is 5.76. The molecule has 0 heterocycles. The lowest BCUT2D eigenvalue weighted by molar-refractivity contribution is -0.143. The minimum Gasteiger partial charge on any atom is -0.468 e. The highest BCUT2D eigenvalue weighted by Gasteiger charge is 2.14. The largest absolute Gasteiger partial charge is 0.468 e. The summed E-state index contributed by atoms with van der Waals surface area (Å²) in [6.07, 6.45) is 0.835. The first kappa shape index (κ1) is 13.4. The van der Waals surface area contributed by atoms with Gasteiger partial charge in [0.05, 0.1) is 7.11 Å². The molecule has 0 aromatic heterocycles. The summed E-state index contributed by atoms with van der Waals surface area (Å²) in [7, 11) is 2.89. The van der Waals surface area contributed by atoms with Crippen LogP contribution in [0.1, 0.15) is 6.42 Å². The number of hydrogen-bond acceptors (Lipinski definition) is 4. The van der Waals surface area contributed by atoms with Gasteiger partial charge in [-0.3, -0.25) is 4.79 Å². The fourth-order valence-corrected chi connectivity index (χ4v) is 0.570. The predicted molar refractivity (Wildman–Crippen MR) is 46.8 cm³/mol. The van der Waals surface area contributed by atoms with Gasteiger partial charge in [0.2, 0.25) is 0 Å². The number of nitrogens with one attached hydrogen (secondary N) is 1. The van der Waals surface area contributed by atoms with Crippen molar-refractivity contribution in [1.82, 2.24) is 5.32 Å². The monoisotopic (exact) mass is 173 g/mol. The Morgan fingerprint density at radius 3 is 2.42 bits per heavy atom. The Morgan fingerprint density at radius 1 is 1.67 bits per heavy atom. The number of likely N-dealkylation sites (N-methyl/N-ethyl adjacent to an activating group) is 1. The fraction of sp³-hybridized carbons (Fsp3) is 0.500. The number of rotatable bonds is 4. The molecule has 0 rings (SSSR count). The van der Waals surface area contributed by atoms with Crippen molar-refractivity contribution in [3.8, 4) is 0 Å². The van der Waals surface area contributed by atoms with E-state index in [9.17, 15) is 9.59 Å². The van der Waals surface area contributed by atoms with E-state index in [4.69, 9.17) is 0 Å². The molecular weight excluding hydrogens is 158 g/mol. The zero-order chi connectivity index (χ0) is 9.98. The number of carbonyl (C=O) groups excluding carboxylic acids is 2. The van der Waals surface area contributed by atoms with Crippen LogP contribution in [-0.2, 0) is 14.3 Å². The van der Waals surface area contributed by atoms with Crippen molar-refractivity contribution < 1.29 is 14.3 Å². The van der Waals surface area contributed by atoms with E-state index in [-0.39, 0.29) is 6.42 Å². The third-order valence-corrected chi connectivity index (χ3v) is 1.17. The van der Waals surface area contributed by atoms with E-state index in [1.165, 1.54) is 7.11 Å². The van der Waals surface area contributed by atoms with Crippen LogP contribution in [0.2, 0.25) is 0 Å². The highest BCUT2D eigenvalue weighted by molar-refractivity contribution is 5.78. The summed E-state index contributed by atoms with van der Waals surface area (Å²) >= 11 is 0. The Labute approximate surface area is 72.6 Å². The SMILES string of the molecule is C=C.CNC(CC=O)C(=O)OC. The van der Waals surface area contributed by atoms with Crippen molar-refractivity contribution in [1.29, 1.82) is 0 Å². The van der Waals surface area contributed by atoms with E-state index in [1.807, 2.05) is 0 Å². The van der Waals surface area contributed by atoms with Gasteiger partial charge in [-0.25, -0.2) is 0 Å². The molecule has 0 aliphatic carbocycles. The first-order valence-corrected chi connectivity index (χ1v) is 3.45. The van der Waals surface area contributed by atoms with Crippen LogP contribution in [0, 0.1) is 0 Å². The molecule has 0 bridgehead atoms. The van der Waals surface area contributed by atoms with Gasteiger partial charge < -0.3 is 14.8 Å². The molecule has 0 saturated carbocycles. The molecular formula is C8H15NO3. The normalized spacial score (nSPS) is 10.5. The standard InChI is InChI=1S/C6H11NO3.C2H4/c1-7-5(3-4-8)6(9)10-2;1-2/h4-5,7H,3H2,1-2H3;1-2H2. The molecule has 1 atom stereocenters. The molecule has 0 saturated heterocycles. The van der Waals surface area contributed by atoms with E-state index in [0.717, 1.165) is 0 Å². The number of aldehydes is 1. The van der Waals surface area contributed by atoms with Crippen LogP contribution in [-0.4, -0.2) is 32.5 Å². The Kier molecular flexibility index (Phi) is 11.0. The van der Waals surface area contributed by atoms with E-state index in [0.29, 0.717) is 6.29 Å². The van der Waals surface area contributed by atoms with Gasteiger partial charge in [-0.2, -0.15) is 0 Å². The molecule has 1 unspecified atom stereocenters.